The molecule has 0 N–H and O–H groups in total. The number of nitrogens with zero attached hydrogens (tertiary/aromatic N) is 4. The Hall–Kier alpha value is -6.56. The van der Waals surface area contributed by atoms with Gasteiger partial charge in [0.15, 0.2) is 0 Å². The fourth-order valence-corrected chi connectivity index (χ4v) is 4.92. The fourth-order valence-electron chi connectivity index (χ4n) is 4.92. The van der Waals surface area contributed by atoms with Crippen molar-refractivity contribution in [3.05, 3.63) is 129 Å². The molecule has 178 valence electrons. The van der Waals surface area contributed by atoms with Gasteiger partial charge in [0.05, 0.1) is 46.5 Å². The highest BCUT2D eigenvalue weighted by Gasteiger charge is 2.17. The highest BCUT2D eigenvalue weighted by molar-refractivity contribution is 6.26. The summed E-state index contributed by atoms with van der Waals surface area (Å²) >= 11 is 0. The third-order valence-corrected chi connectivity index (χ3v) is 6.85. The van der Waals surface area contributed by atoms with Crippen LogP contribution < -0.4 is 0 Å². The minimum absolute atomic E-state index is 0.499. The topological polar surface area (TPSA) is 95.2 Å². The van der Waals surface area contributed by atoms with E-state index in [4.69, 9.17) is 10.5 Å². The zero-order chi connectivity index (χ0) is 27.6. The van der Waals surface area contributed by atoms with Crippen LogP contribution in [0.3, 0.4) is 0 Å². The van der Waals surface area contributed by atoms with Crippen LogP contribution in [0.4, 0.5) is 0 Å². The molecule has 0 bridgehead atoms. The van der Waals surface area contributed by atoms with Crippen molar-refractivity contribution in [2.75, 3.05) is 0 Å². The lowest BCUT2D eigenvalue weighted by atomic mass is 9.86. The highest BCUT2D eigenvalue weighted by atomic mass is 14.3. The molecule has 0 spiro atoms. The average molecular weight is 503 g/mol. The standard InChI is InChI=1S/C36H14N4/c37-19-25-5-1-23(2-6-25)9-11-27-17-29(21-39)33-16-14-32-28(12-10-24-3-7-26(20-38)8-4-24)18-30(22-40)34-15-13-31(27)35(33)36(32)34/h1-8,13-18H. The molecule has 6 rings (SSSR count). The van der Waals surface area contributed by atoms with Gasteiger partial charge in [-0.3, -0.25) is 0 Å². The molecule has 0 aliphatic rings. The van der Waals surface area contributed by atoms with Gasteiger partial charge in [-0.2, -0.15) is 21.0 Å². The molecule has 40 heavy (non-hydrogen) atoms. The molecule has 0 aliphatic heterocycles. The minimum atomic E-state index is 0.499. The Morgan fingerprint density at radius 3 is 0.975 bits per heavy atom. The van der Waals surface area contributed by atoms with Gasteiger partial charge in [0.1, 0.15) is 0 Å². The lowest BCUT2D eigenvalue weighted by Crippen LogP contribution is -1.94. The van der Waals surface area contributed by atoms with Crippen LogP contribution in [-0.4, -0.2) is 0 Å². The van der Waals surface area contributed by atoms with Gasteiger partial charge < -0.3 is 0 Å². The lowest BCUT2D eigenvalue weighted by molar-refractivity contribution is 1.48. The summed E-state index contributed by atoms with van der Waals surface area (Å²) in [6, 6.07) is 34.3. The Morgan fingerprint density at radius 2 is 0.650 bits per heavy atom. The molecule has 0 aliphatic carbocycles. The molecular weight excluding hydrogens is 488 g/mol. The maximum absolute atomic E-state index is 10.0. The molecular formula is C36H14N4. The highest BCUT2D eigenvalue weighted by Crippen LogP contribution is 2.40. The molecule has 0 unspecified atom stereocenters. The quantitative estimate of drug-likeness (QED) is 0.167. The molecule has 0 saturated heterocycles. The van der Waals surface area contributed by atoms with Gasteiger partial charge in [0.25, 0.3) is 0 Å². The Kier molecular flexibility index (Phi) is 5.79. The van der Waals surface area contributed by atoms with E-state index < -0.39 is 0 Å². The van der Waals surface area contributed by atoms with Gasteiger partial charge in [-0.25, -0.2) is 0 Å². The van der Waals surface area contributed by atoms with Crippen LogP contribution >= 0.6 is 0 Å². The van der Waals surface area contributed by atoms with Gasteiger partial charge in [-0.05, 0) is 82.2 Å². The van der Waals surface area contributed by atoms with Crippen LogP contribution in [-0.2, 0) is 0 Å². The fraction of sp³-hybridized carbons (Fsp3) is 0. The summed E-state index contributed by atoms with van der Waals surface area (Å²) in [6.07, 6.45) is 0. The van der Waals surface area contributed by atoms with Crippen LogP contribution in [0.1, 0.15) is 44.5 Å². The molecule has 0 atom stereocenters. The maximum Gasteiger partial charge on any atom is 0.0998 e. The second kappa shape index (κ2) is 9.72. The molecule has 4 nitrogen and oxygen atoms in total. The second-order valence-corrected chi connectivity index (χ2v) is 9.12. The van der Waals surface area contributed by atoms with Crippen LogP contribution in [0.25, 0.3) is 32.3 Å². The van der Waals surface area contributed by atoms with E-state index in [-0.39, 0.29) is 0 Å². The molecule has 0 fully saturated rings. The Labute approximate surface area is 230 Å². The van der Waals surface area contributed by atoms with Gasteiger partial charge in [0.2, 0.25) is 0 Å². The Morgan fingerprint density at radius 1 is 0.325 bits per heavy atom. The SMILES string of the molecule is N#Cc1ccc(C#Cc2cc(C#N)c3ccc4c(C#Cc5ccc(C#N)cc5)cc(C#N)c5ccc2c3c54)cc1. The normalized spacial score (nSPS) is 10.0. The van der Waals surface area contributed by atoms with Crippen molar-refractivity contribution in [2.45, 2.75) is 0 Å². The van der Waals surface area contributed by atoms with E-state index >= 15 is 0 Å². The second-order valence-electron chi connectivity index (χ2n) is 9.12. The van der Waals surface area contributed by atoms with Crippen LogP contribution in [0.5, 0.6) is 0 Å². The number of hydrogen-bond acceptors (Lipinski definition) is 4. The van der Waals surface area contributed by atoms with Crippen LogP contribution in [0, 0.1) is 69.0 Å². The molecule has 6 aromatic rings. The van der Waals surface area contributed by atoms with E-state index in [0.717, 1.165) is 43.4 Å². The third kappa shape index (κ3) is 3.99. The molecule has 0 aromatic heterocycles. The smallest absolute Gasteiger partial charge is 0.0998 e. The summed E-state index contributed by atoms with van der Waals surface area (Å²) in [4.78, 5) is 0. The van der Waals surface area contributed by atoms with E-state index in [1.54, 1.807) is 60.7 Å². The van der Waals surface area contributed by atoms with E-state index in [1.807, 2.05) is 24.3 Å². The predicted octanol–water partition coefficient (Wildman–Crippen LogP) is 6.87. The van der Waals surface area contributed by atoms with Crippen molar-refractivity contribution in [3.63, 3.8) is 0 Å². The van der Waals surface area contributed by atoms with Crippen LogP contribution in [0.2, 0.25) is 0 Å². The van der Waals surface area contributed by atoms with Crippen molar-refractivity contribution in [1.82, 2.24) is 0 Å². The third-order valence-electron chi connectivity index (χ3n) is 6.85. The minimum Gasteiger partial charge on any atom is -0.192 e. The Balaban J connectivity index is 1.61. The number of benzene rings is 6. The molecule has 4 heteroatoms. The number of rotatable bonds is 0. The summed E-state index contributed by atoms with van der Waals surface area (Å²) in [7, 11) is 0. The monoisotopic (exact) mass is 502 g/mol. The van der Waals surface area contributed by atoms with Gasteiger partial charge in [-0.1, -0.05) is 47.9 Å². The van der Waals surface area contributed by atoms with E-state index in [9.17, 15) is 10.5 Å². The number of hydrogen-bond donors (Lipinski definition) is 0. The zero-order valence-electron chi connectivity index (χ0n) is 20.9. The summed E-state index contributed by atoms with van der Waals surface area (Å²) in [5.41, 5.74) is 5.05. The molecule has 6 aromatic carbocycles. The molecule has 0 saturated carbocycles. The van der Waals surface area contributed by atoms with Crippen molar-refractivity contribution < 1.29 is 0 Å². The average Bonchev–Trinajstić information content (AvgIpc) is 3.02. The summed E-state index contributed by atoms with van der Waals surface area (Å²) in [6.45, 7) is 0. The van der Waals surface area contributed by atoms with Gasteiger partial charge >= 0.3 is 0 Å². The first-order valence-electron chi connectivity index (χ1n) is 12.3. The first-order valence-corrected chi connectivity index (χ1v) is 12.3. The molecule has 0 amide bonds. The zero-order valence-corrected chi connectivity index (χ0v) is 20.9. The summed E-state index contributed by atoms with van der Waals surface area (Å²) in [5, 5.41) is 43.2. The van der Waals surface area contributed by atoms with E-state index in [1.165, 1.54) is 0 Å². The first kappa shape index (κ1) is 23.8. The van der Waals surface area contributed by atoms with Crippen molar-refractivity contribution in [3.8, 4) is 48.0 Å². The molecule has 0 radical (unpaired) electrons. The predicted molar refractivity (Wildman–Crippen MR) is 154 cm³/mol. The number of nitriles is 4. The first-order chi connectivity index (χ1) is 19.6. The van der Waals surface area contributed by atoms with Crippen LogP contribution in [0.15, 0.2) is 84.9 Å². The van der Waals surface area contributed by atoms with Crippen molar-refractivity contribution in [1.29, 1.82) is 21.0 Å². The van der Waals surface area contributed by atoms with E-state index in [2.05, 4.69) is 48.0 Å². The Bertz CT molecular complexity index is 2120. The lowest BCUT2D eigenvalue weighted by Gasteiger charge is -2.15. The summed E-state index contributed by atoms with van der Waals surface area (Å²) in [5.74, 6) is 12.8. The van der Waals surface area contributed by atoms with Gasteiger partial charge in [0, 0.05) is 33.0 Å². The summed E-state index contributed by atoms with van der Waals surface area (Å²) < 4.78 is 0. The molecule has 0 heterocycles. The van der Waals surface area contributed by atoms with E-state index in [0.29, 0.717) is 33.4 Å². The maximum atomic E-state index is 10.0. The van der Waals surface area contributed by atoms with Crippen molar-refractivity contribution in [2.24, 2.45) is 0 Å². The van der Waals surface area contributed by atoms with Gasteiger partial charge in [-0.15, -0.1) is 0 Å². The largest absolute Gasteiger partial charge is 0.192 e. The van der Waals surface area contributed by atoms with Crippen molar-refractivity contribution >= 4 is 32.3 Å².